The van der Waals surface area contributed by atoms with Gasteiger partial charge in [-0.15, -0.1) is 0 Å². The summed E-state index contributed by atoms with van der Waals surface area (Å²) in [7, 11) is 0. The molecule has 0 saturated heterocycles. The maximum atomic E-state index is 3.47. The van der Waals surface area contributed by atoms with Crippen molar-refractivity contribution in [2.75, 3.05) is 6.54 Å². The van der Waals surface area contributed by atoms with Gasteiger partial charge in [-0.25, -0.2) is 0 Å². The van der Waals surface area contributed by atoms with Gasteiger partial charge in [0.15, 0.2) is 0 Å². The van der Waals surface area contributed by atoms with Crippen molar-refractivity contribution in [3.63, 3.8) is 0 Å². The van der Waals surface area contributed by atoms with E-state index in [1.54, 1.807) is 0 Å². The van der Waals surface area contributed by atoms with Crippen LogP contribution in [0.25, 0.3) is 0 Å². The average molecular weight is 199 g/mol. The summed E-state index contributed by atoms with van der Waals surface area (Å²) in [4.78, 5) is 0. The van der Waals surface area contributed by atoms with Gasteiger partial charge in [-0.2, -0.15) is 0 Å². The zero-order chi connectivity index (χ0) is 11.2. The van der Waals surface area contributed by atoms with Gasteiger partial charge in [0.25, 0.3) is 0 Å². The van der Waals surface area contributed by atoms with Crippen molar-refractivity contribution >= 4 is 0 Å². The third-order valence-electron chi connectivity index (χ3n) is 3.50. The Morgan fingerprint density at radius 1 is 1.14 bits per heavy atom. The van der Waals surface area contributed by atoms with Gasteiger partial charge in [0.05, 0.1) is 0 Å². The molecule has 0 saturated carbocycles. The van der Waals surface area contributed by atoms with Crippen molar-refractivity contribution in [3.8, 4) is 0 Å². The second-order valence-electron chi connectivity index (χ2n) is 5.51. The van der Waals surface area contributed by atoms with E-state index >= 15 is 0 Å². The Bertz CT molecular complexity index is 138. The van der Waals surface area contributed by atoms with E-state index < -0.39 is 0 Å². The fraction of sp³-hybridized carbons (Fsp3) is 1.00. The fourth-order valence-electron chi connectivity index (χ4n) is 1.73. The first kappa shape index (κ1) is 14.0. The van der Waals surface area contributed by atoms with E-state index in [1.807, 2.05) is 0 Å². The van der Waals surface area contributed by atoms with Crippen molar-refractivity contribution < 1.29 is 0 Å². The highest BCUT2D eigenvalue weighted by atomic mass is 14.9. The second kappa shape index (κ2) is 6.44. The van der Waals surface area contributed by atoms with E-state index in [0.717, 1.165) is 12.5 Å². The molecule has 1 heteroatoms. The molecular weight excluding hydrogens is 170 g/mol. The second-order valence-corrected chi connectivity index (χ2v) is 5.51. The van der Waals surface area contributed by atoms with E-state index in [2.05, 4.69) is 46.9 Å². The standard InChI is InChI=1S/C13H29N/c1-7-12(4)13(5,6)9-8-10-14-11(2)3/h11-12,14H,7-10H2,1-6H3. The monoisotopic (exact) mass is 199 g/mol. The molecule has 0 bridgehead atoms. The number of nitrogens with one attached hydrogen (secondary N) is 1. The number of rotatable bonds is 7. The predicted molar refractivity (Wildman–Crippen MR) is 65.6 cm³/mol. The summed E-state index contributed by atoms with van der Waals surface area (Å²) >= 11 is 0. The molecule has 0 aromatic heterocycles. The number of hydrogen-bond donors (Lipinski definition) is 1. The maximum Gasteiger partial charge on any atom is 0.00103 e. The molecule has 86 valence electrons. The van der Waals surface area contributed by atoms with E-state index in [-0.39, 0.29) is 0 Å². The van der Waals surface area contributed by atoms with Gasteiger partial charge >= 0.3 is 0 Å². The van der Waals surface area contributed by atoms with Crippen molar-refractivity contribution in [1.29, 1.82) is 0 Å². The molecule has 0 aliphatic rings. The molecule has 1 N–H and O–H groups in total. The Kier molecular flexibility index (Phi) is 6.43. The molecule has 0 fully saturated rings. The first-order chi connectivity index (χ1) is 6.40. The molecule has 1 nitrogen and oxygen atoms in total. The summed E-state index contributed by atoms with van der Waals surface area (Å²) in [6, 6.07) is 0.627. The normalized spacial score (nSPS) is 14.8. The van der Waals surface area contributed by atoms with Crippen molar-refractivity contribution in [2.45, 2.75) is 66.8 Å². The Hall–Kier alpha value is -0.0400. The van der Waals surface area contributed by atoms with Gasteiger partial charge in [0.2, 0.25) is 0 Å². The van der Waals surface area contributed by atoms with Crippen LogP contribution in [0.2, 0.25) is 0 Å². The van der Waals surface area contributed by atoms with Gasteiger partial charge in [0, 0.05) is 6.04 Å². The Labute approximate surface area is 90.7 Å². The van der Waals surface area contributed by atoms with E-state index in [9.17, 15) is 0 Å². The fourth-order valence-corrected chi connectivity index (χ4v) is 1.73. The molecule has 0 spiro atoms. The first-order valence-corrected chi connectivity index (χ1v) is 6.13. The van der Waals surface area contributed by atoms with Crippen molar-refractivity contribution in [1.82, 2.24) is 5.32 Å². The third kappa shape index (κ3) is 5.64. The van der Waals surface area contributed by atoms with E-state index in [4.69, 9.17) is 0 Å². The molecular formula is C13H29N. The first-order valence-electron chi connectivity index (χ1n) is 6.13. The molecule has 0 heterocycles. The third-order valence-corrected chi connectivity index (χ3v) is 3.50. The van der Waals surface area contributed by atoms with Crippen LogP contribution in [0.5, 0.6) is 0 Å². The lowest BCUT2D eigenvalue weighted by molar-refractivity contribution is 0.200. The van der Waals surface area contributed by atoms with Gasteiger partial charge in [-0.3, -0.25) is 0 Å². The molecule has 14 heavy (non-hydrogen) atoms. The van der Waals surface area contributed by atoms with Gasteiger partial charge < -0.3 is 5.32 Å². The molecule has 0 rings (SSSR count). The SMILES string of the molecule is CCC(C)C(C)(C)CCCNC(C)C. The average Bonchev–Trinajstić information content (AvgIpc) is 2.10. The molecule has 0 radical (unpaired) electrons. The van der Waals surface area contributed by atoms with Gasteiger partial charge in [-0.05, 0) is 30.7 Å². The quantitative estimate of drug-likeness (QED) is 0.614. The highest BCUT2D eigenvalue weighted by Gasteiger charge is 2.23. The van der Waals surface area contributed by atoms with Crippen LogP contribution >= 0.6 is 0 Å². The zero-order valence-corrected chi connectivity index (χ0v) is 11.0. The van der Waals surface area contributed by atoms with E-state index in [1.165, 1.54) is 19.3 Å². The van der Waals surface area contributed by atoms with Gasteiger partial charge in [-0.1, -0.05) is 48.0 Å². The minimum Gasteiger partial charge on any atom is -0.315 e. The van der Waals surface area contributed by atoms with Crippen LogP contribution in [0, 0.1) is 11.3 Å². The number of hydrogen-bond acceptors (Lipinski definition) is 1. The molecule has 1 atom stereocenters. The Morgan fingerprint density at radius 2 is 1.71 bits per heavy atom. The minimum atomic E-state index is 0.507. The summed E-state index contributed by atoms with van der Waals surface area (Å²) in [6.45, 7) is 15.0. The molecule has 0 aromatic carbocycles. The van der Waals surface area contributed by atoms with Crippen LogP contribution < -0.4 is 5.32 Å². The summed E-state index contributed by atoms with van der Waals surface area (Å²) in [5.41, 5.74) is 0.507. The Balaban J connectivity index is 3.65. The van der Waals surface area contributed by atoms with Crippen molar-refractivity contribution in [3.05, 3.63) is 0 Å². The lowest BCUT2D eigenvalue weighted by Crippen LogP contribution is -2.27. The lowest BCUT2D eigenvalue weighted by Gasteiger charge is -2.31. The Morgan fingerprint density at radius 3 is 2.14 bits per heavy atom. The van der Waals surface area contributed by atoms with Crippen LogP contribution in [-0.4, -0.2) is 12.6 Å². The minimum absolute atomic E-state index is 0.507. The molecule has 0 amide bonds. The lowest BCUT2D eigenvalue weighted by atomic mass is 9.75. The smallest absolute Gasteiger partial charge is 0.00103 e. The van der Waals surface area contributed by atoms with Crippen LogP contribution in [0.15, 0.2) is 0 Å². The highest BCUT2D eigenvalue weighted by Crippen LogP contribution is 2.33. The largest absolute Gasteiger partial charge is 0.315 e. The summed E-state index contributed by atoms with van der Waals surface area (Å²) in [5, 5.41) is 3.47. The van der Waals surface area contributed by atoms with Crippen LogP contribution in [0.4, 0.5) is 0 Å². The van der Waals surface area contributed by atoms with Crippen LogP contribution in [0.3, 0.4) is 0 Å². The highest BCUT2D eigenvalue weighted by molar-refractivity contribution is 4.74. The summed E-state index contributed by atoms with van der Waals surface area (Å²) in [6.07, 6.45) is 3.93. The molecule has 0 aliphatic carbocycles. The topological polar surface area (TPSA) is 12.0 Å². The summed E-state index contributed by atoms with van der Waals surface area (Å²) < 4.78 is 0. The molecule has 0 aromatic rings. The maximum absolute atomic E-state index is 3.47. The van der Waals surface area contributed by atoms with Crippen LogP contribution in [-0.2, 0) is 0 Å². The van der Waals surface area contributed by atoms with Crippen LogP contribution in [0.1, 0.15) is 60.8 Å². The van der Waals surface area contributed by atoms with Gasteiger partial charge in [0.1, 0.15) is 0 Å². The van der Waals surface area contributed by atoms with E-state index in [0.29, 0.717) is 11.5 Å². The molecule has 0 aliphatic heterocycles. The zero-order valence-electron chi connectivity index (χ0n) is 11.0. The van der Waals surface area contributed by atoms with Crippen molar-refractivity contribution in [2.24, 2.45) is 11.3 Å². The predicted octanol–water partition coefficient (Wildman–Crippen LogP) is 3.84. The molecule has 1 unspecified atom stereocenters. The summed E-state index contributed by atoms with van der Waals surface area (Å²) in [5.74, 6) is 0.835.